The van der Waals surface area contributed by atoms with Crippen molar-refractivity contribution in [2.45, 2.75) is 13.2 Å². The number of carbonyl (C=O) groups excluding carboxylic acids is 2. The summed E-state index contributed by atoms with van der Waals surface area (Å²) in [7, 11) is 2.88. The molecule has 0 aromatic heterocycles. The first-order chi connectivity index (χ1) is 9.47. The average Bonchev–Trinajstić information content (AvgIpc) is 2.42. The van der Waals surface area contributed by atoms with Crippen LogP contribution in [0.2, 0.25) is 5.02 Å². The van der Waals surface area contributed by atoms with Crippen LogP contribution < -0.4 is 10.6 Å². The number of amides is 2. The highest BCUT2D eigenvalue weighted by molar-refractivity contribution is 6.39. The third-order valence-electron chi connectivity index (χ3n) is 2.60. The minimum absolute atomic E-state index is 0.0822. The summed E-state index contributed by atoms with van der Waals surface area (Å²) in [4.78, 5) is 23.3. The van der Waals surface area contributed by atoms with Gasteiger partial charge in [0.25, 0.3) is 0 Å². The van der Waals surface area contributed by atoms with Crippen LogP contribution >= 0.6 is 11.6 Å². The number of carbonyl (C=O) groups is 2. The van der Waals surface area contributed by atoms with E-state index in [1.165, 1.54) is 14.2 Å². The molecule has 0 radical (unpaired) electrons. The molecule has 0 atom stereocenters. The molecule has 1 aromatic rings. The fourth-order valence-corrected chi connectivity index (χ4v) is 1.69. The Balaban J connectivity index is 2.55. The zero-order valence-electron chi connectivity index (χ0n) is 11.5. The number of halogens is 1. The number of aryl methyl sites for hydroxylation is 1. The summed E-state index contributed by atoms with van der Waals surface area (Å²) in [6.45, 7) is 1.87. The Morgan fingerprint density at radius 3 is 2.45 bits per heavy atom. The third kappa shape index (κ3) is 4.80. The maximum absolute atomic E-state index is 11.7. The molecule has 0 saturated heterocycles. The van der Waals surface area contributed by atoms with Crippen LogP contribution in [0.15, 0.2) is 18.2 Å². The average molecular weight is 301 g/mol. The lowest BCUT2D eigenvalue weighted by Gasteiger charge is -2.14. The topological polar surface area (TPSA) is 76.7 Å². The monoisotopic (exact) mass is 300 g/mol. The molecule has 0 spiro atoms. The van der Waals surface area contributed by atoms with Crippen molar-refractivity contribution in [1.82, 2.24) is 5.32 Å². The summed E-state index contributed by atoms with van der Waals surface area (Å²) in [5, 5.41) is 5.48. The van der Waals surface area contributed by atoms with E-state index in [4.69, 9.17) is 21.1 Å². The standard InChI is InChI=1S/C13H17ClN2O4/c1-8-6-9(14)4-5-10(8)16-13(18)12(17)15-7-11(19-2)20-3/h4-6,11H,7H2,1-3H3,(H,15,17)(H,16,18). The van der Waals surface area contributed by atoms with Crippen molar-refractivity contribution >= 4 is 29.1 Å². The Bertz CT molecular complexity index is 489. The summed E-state index contributed by atoms with van der Waals surface area (Å²) in [6, 6.07) is 4.96. The molecule has 20 heavy (non-hydrogen) atoms. The van der Waals surface area contributed by atoms with Gasteiger partial charge in [0, 0.05) is 24.9 Å². The van der Waals surface area contributed by atoms with Crippen molar-refractivity contribution in [2.24, 2.45) is 0 Å². The van der Waals surface area contributed by atoms with Crippen molar-refractivity contribution in [2.75, 3.05) is 26.1 Å². The summed E-state index contributed by atoms with van der Waals surface area (Å²) in [5.41, 5.74) is 1.30. The fraction of sp³-hybridized carbons (Fsp3) is 0.385. The number of hydrogen-bond acceptors (Lipinski definition) is 4. The lowest BCUT2D eigenvalue weighted by atomic mass is 10.2. The van der Waals surface area contributed by atoms with Crippen LogP contribution in [0.1, 0.15) is 5.56 Å². The van der Waals surface area contributed by atoms with Gasteiger partial charge in [-0.25, -0.2) is 0 Å². The van der Waals surface area contributed by atoms with Gasteiger partial charge < -0.3 is 20.1 Å². The minimum atomic E-state index is -0.765. The SMILES string of the molecule is COC(CNC(=O)C(=O)Nc1ccc(Cl)cc1C)OC. The highest BCUT2D eigenvalue weighted by atomic mass is 35.5. The van der Waals surface area contributed by atoms with Gasteiger partial charge >= 0.3 is 11.8 Å². The van der Waals surface area contributed by atoms with Crippen molar-refractivity contribution in [3.05, 3.63) is 28.8 Å². The van der Waals surface area contributed by atoms with Crippen molar-refractivity contribution < 1.29 is 19.1 Å². The van der Waals surface area contributed by atoms with Gasteiger partial charge in [-0.1, -0.05) is 11.6 Å². The van der Waals surface area contributed by atoms with Crippen LogP contribution in [0.4, 0.5) is 5.69 Å². The van der Waals surface area contributed by atoms with E-state index >= 15 is 0 Å². The molecule has 1 rings (SSSR count). The van der Waals surface area contributed by atoms with Crippen LogP contribution in [0.25, 0.3) is 0 Å². The Kier molecular flexibility index (Phi) is 6.44. The van der Waals surface area contributed by atoms with Crippen LogP contribution in [0.3, 0.4) is 0 Å². The van der Waals surface area contributed by atoms with Crippen LogP contribution in [0, 0.1) is 6.92 Å². The zero-order chi connectivity index (χ0) is 15.1. The normalized spacial score (nSPS) is 10.4. The van der Waals surface area contributed by atoms with Gasteiger partial charge in [0.1, 0.15) is 0 Å². The van der Waals surface area contributed by atoms with E-state index < -0.39 is 18.1 Å². The van der Waals surface area contributed by atoms with Crippen molar-refractivity contribution in [3.8, 4) is 0 Å². The van der Waals surface area contributed by atoms with E-state index in [-0.39, 0.29) is 6.54 Å². The molecule has 0 bridgehead atoms. The van der Waals surface area contributed by atoms with Crippen LogP contribution in [-0.2, 0) is 19.1 Å². The lowest BCUT2D eigenvalue weighted by Crippen LogP contribution is -2.40. The summed E-state index contributed by atoms with van der Waals surface area (Å²) in [6.07, 6.45) is -0.594. The van der Waals surface area contributed by atoms with Gasteiger partial charge in [-0.15, -0.1) is 0 Å². The summed E-state index contributed by atoms with van der Waals surface area (Å²) < 4.78 is 9.79. The second-order valence-corrected chi connectivity index (χ2v) is 4.46. The molecule has 0 heterocycles. The molecule has 2 N–H and O–H groups in total. The first kappa shape index (κ1) is 16.4. The molecule has 6 nitrogen and oxygen atoms in total. The molecule has 0 fully saturated rings. The van der Waals surface area contributed by atoms with E-state index in [0.29, 0.717) is 10.7 Å². The predicted octanol–water partition coefficient (Wildman–Crippen LogP) is 1.32. The number of nitrogens with one attached hydrogen (secondary N) is 2. The highest BCUT2D eigenvalue weighted by Gasteiger charge is 2.16. The molecular formula is C13H17ClN2O4. The molecular weight excluding hydrogens is 284 g/mol. The molecule has 0 aliphatic carbocycles. The quantitative estimate of drug-likeness (QED) is 0.635. The van der Waals surface area contributed by atoms with Crippen molar-refractivity contribution in [3.63, 3.8) is 0 Å². The van der Waals surface area contributed by atoms with Gasteiger partial charge in [0.2, 0.25) is 0 Å². The first-order valence-corrected chi connectivity index (χ1v) is 6.26. The Morgan fingerprint density at radius 2 is 1.90 bits per heavy atom. The van der Waals surface area contributed by atoms with Gasteiger partial charge in [0.15, 0.2) is 6.29 Å². The van der Waals surface area contributed by atoms with Gasteiger partial charge in [-0.2, -0.15) is 0 Å². The maximum atomic E-state index is 11.7. The molecule has 110 valence electrons. The Morgan fingerprint density at radius 1 is 1.25 bits per heavy atom. The van der Waals surface area contributed by atoms with E-state index in [1.54, 1.807) is 25.1 Å². The van der Waals surface area contributed by atoms with Gasteiger partial charge in [-0.3, -0.25) is 9.59 Å². The highest BCUT2D eigenvalue weighted by Crippen LogP contribution is 2.19. The second-order valence-electron chi connectivity index (χ2n) is 4.02. The Hall–Kier alpha value is -1.63. The molecule has 7 heteroatoms. The maximum Gasteiger partial charge on any atom is 0.313 e. The van der Waals surface area contributed by atoms with E-state index in [1.807, 2.05) is 0 Å². The van der Waals surface area contributed by atoms with E-state index in [2.05, 4.69) is 10.6 Å². The molecule has 0 saturated carbocycles. The van der Waals surface area contributed by atoms with E-state index in [9.17, 15) is 9.59 Å². The minimum Gasteiger partial charge on any atom is -0.354 e. The lowest BCUT2D eigenvalue weighted by molar-refractivity contribution is -0.139. The van der Waals surface area contributed by atoms with Gasteiger partial charge in [0.05, 0.1) is 6.54 Å². The third-order valence-corrected chi connectivity index (χ3v) is 2.83. The Labute approximate surface area is 122 Å². The number of benzene rings is 1. The molecule has 1 aromatic carbocycles. The first-order valence-electron chi connectivity index (χ1n) is 5.88. The molecule has 0 aliphatic rings. The smallest absolute Gasteiger partial charge is 0.313 e. The largest absolute Gasteiger partial charge is 0.354 e. The number of rotatable bonds is 5. The zero-order valence-corrected chi connectivity index (χ0v) is 12.3. The summed E-state index contributed by atoms with van der Waals surface area (Å²) >= 11 is 5.81. The molecule has 2 amide bonds. The number of hydrogen-bond donors (Lipinski definition) is 2. The number of anilines is 1. The van der Waals surface area contributed by atoms with Crippen LogP contribution in [0.5, 0.6) is 0 Å². The van der Waals surface area contributed by atoms with Crippen molar-refractivity contribution in [1.29, 1.82) is 0 Å². The number of ether oxygens (including phenoxy) is 2. The van der Waals surface area contributed by atoms with Crippen LogP contribution in [-0.4, -0.2) is 38.9 Å². The predicted molar refractivity (Wildman–Crippen MR) is 75.6 cm³/mol. The fourth-order valence-electron chi connectivity index (χ4n) is 1.47. The van der Waals surface area contributed by atoms with E-state index in [0.717, 1.165) is 5.56 Å². The summed E-state index contributed by atoms with van der Waals surface area (Å²) in [5.74, 6) is -1.53. The second kappa shape index (κ2) is 7.84. The molecule has 0 unspecified atom stereocenters. The number of methoxy groups -OCH3 is 2. The van der Waals surface area contributed by atoms with Gasteiger partial charge in [-0.05, 0) is 30.7 Å². The molecule has 0 aliphatic heterocycles.